The third-order valence-electron chi connectivity index (χ3n) is 5.04. The van der Waals surface area contributed by atoms with Gasteiger partial charge >= 0.3 is 5.97 Å². The summed E-state index contributed by atoms with van der Waals surface area (Å²) in [6, 6.07) is 21.1. The van der Waals surface area contributed by atoms with Gasteiger partial charge in [0.1, 0.15) is 0 Å². The van der Waals surface area contributed by atoms with Crippen LogP contribution in [-0.2, 0) is 20.8 Å². The Balaban J connectivity index is 1.66. The van der Waals surface area contributed by atoms with Crippen LogP contribution in [0.15, 0.2) is 72.9 Å². The molecule has 168 valence electrons. The van der Waals surface area contributed by atoms with Crippen molar-refractivity contribution in [3.63, 3.8) is 0 Å². The largest absolute Gasteiger partial charge is 0.452 e. The molecule has 2 aromatic heterocycles. The maximum absolute atomic E-state index is 13.0. The summed E-state index contributed by atoms with van der Waals surface area (Å²) >= 11 is 0. The first-order valence-corrected chi connectivity index (χ1v) is 10.5. The van der Waals surface area contributed by atoms with Crippen LogP contribution >= 0.6 is 0 Å². The summed E-state index contributed by atoms with van der Waals surface area (Å²) in [5.41, 5.74) is 3.42. The fourth-order valence-corrected chi connectivity index (χ4v) is 3.40. The Hall–Kier alpha value is -4.04. The number of benzene rings is 2. The maximum Gasteiger partial charge on any atom is 0.339 e. The van der Waals surface area contributed by atoms with Gasteiger partial charge in [-0.25, -0.2) is 14.5 Å². The molecule has 1 N–H and O–H groups in total. The summed E-state index contributed by atoms with van der Waals surface area (Å²) < 4.78 is 11.9. The zero-order valence-electron chi connectivity index (χ0n) is 18.2. The van der Waals surface area contributed by atoms with E-state index in [0.29, 0.717) is 42.0 Å². The van der Waals surface area contributed by atoms with E-state index in [1.807, 2.05) is 60.7 Å². The molecule has 0 saturated carbocycles. The molecule has 0 spiro atoms. The number of methoxy groups -OCH3 is 1. The topological polar surface area (TPSA) is 95.3 Å². The number of amides is 1. The molecule has 2 aromatic carbocycles. The average Bonchev–Trinajstić information content (AvgIpc) is 3.26. The maximum atomic E-state index is 13.0. The summed E-state index contributed by atoms with van der Waals surface area (Å²) in [7, 11) is 1.54. The van der Waals surface area contributed by atoms with Crippen LogP contribution in [-0.4, -0.2) is 53.5 Å². The molecular weight excluding hydrogens is 420 g/mol. The Morgan fingerprint density at radius 2 is 1.76 bits per heavy atom. The van der Waals surface area contributed by atoms with Crippen LogP contribution in [0.25, 0.3) is 22.3 Å². The molecule has 0 atom stereocenters. The van der Waals surface area contributed by atoms with Crippen molar-refractivity contribution in [1.82, 2.24) is 20.1 Å². The van der Waals surface area contributed by atoms with Gasteiger partial charge in [0.2, 0.25) is 0 Å². The van der Waals surface area contributed by atoms with Crippen LogP contribution in [0, 0.1) is 0 Å². The molecule has 1 amide bonds. The first-order valence-electron chi connectivity index (χ1n) is 10.5. The van der Waals surface area contributed by atoms with E-state index in [4.69, 9.17) is 14.5 Å². The van der Waals surface area contributed by atoms with Crippen LogP contribution in [0.2, 0.25) is 0 Å². The van der Waals surface area contributed by atoms with Gasteiger partial charge in [-0.05, 0) is 11.6 Å². The zero-order chi connectivity index (χ0) is 23.0. The summed E-state index contributed by atoms with van der Waals surface area (Å²) in [6.45, 7) is 0.847. The Bertz CT molecular complexity index is 1240. The van der Waals surface area contributed by atoms with E-state index in [9.17, 15) is 9.59 Å². The van der Waals surface area contributed by atoms with Crippen molar-refractivity contribution in [3.8, 4) is 11.3 Å². The summed E-state index contributed by atoms with van der Waals surface area (Å²) in [4.78, 5) is 29.7. The Morgan fingerprint density at radius 3 is 2.48 bits per heavy atom. The molecule has 8 heteroatoms. The molecular formula is C25H24N4O4. The lowest BCUT2D eigenvalue weighted by atomic mass is 10.1. The fourth-order valence-electron chi connectivity index (χ4n) is 3.40. The number of aromatic nitrogens is 3. The molecule has 0 aliphatic heterocycles. The van der Waals surface area contributed by atoms with Gasteiger partial charge in [0, 0.05) is 19.2 Å². The number of hydrogen-bond donors (Lipinski definition) is 1. The van der Waals surface area contributed by atoms with E-state index in [0.717, 1.165) is 11.1 Å². The number of rotatable bonds is 9. The van der Waals surface area contributed by atoms with Crippen molar-refractivity contribution in [1.29, 1.82) is 0 Å². The number of carbonyl (C=O) groups is 2. The Kier molecular flexibility index (Phi) is 7.06. The van der Waals surface area contributed by atoms with Gasteiger partial charge in [0.15, 0.2) is 12.3 Å². The van der Waals surface area contributed by atoms with Crippen molar-refractivity contribution in [2.45, 2.75) is 6.54 Å². The van der Waals surface area contributed by atoms with Crippen molar-refractivity contribution in [2.24, 2.45) is 0 Å². The smallest absolute Gasteiger partial charge is 0.339 e. The Morgan fingerprint density at radius 1 is 1.03 bits per heavy atom. The van der Waals surface area contributed by atoms with Gasteiger partial charge in [0.25, 0.3) is 5.91 Å². The zero-order valence-corrected chi connectivity index (χ0v) is 18.2. The highest BCUT2D eigenvalue weighted by Crippen LogP contribution is 2.26. The molecule has 0 aliphatic carbocycles. The van der Waals surface area contributed by atoms with Crippen molar-refractivity contribution in [3.05, 3.63) is 84.1 Å². The number of fused-ring (bicyclic) bond motifs is 1. The first kappa shape index (κ1) is 22.2. The highest BCUT2D eigenvalue weighted by atomic mass is 16.5. The number of pyridine rings is 1. The molecule has 0 radical (unpaired) electrons. The second-order valence-electron chi connectivity index (χ2n) is 7.37. The van der Waals surface area contributed by atoms with Crippen LogP contribution in [0.5, 0.6) is 0 Å². The molecule has 0 saturated heterocycles. The minimum atomic E-state index is -0.610. The van der Waals surface area contributed by atoms with E-state index in [1.54, 1.807) is 24.1 Å². The van der Waals surface area contributed by atoms with Gasteiger partial charge in [-0.3, -0.25) is 4.79 Å². The highest BCUT2D eigenvalue weighted by Gasteiger charge is 2.19. The first-order chi connectivity index (χ1) is 16.2. The number of hydrogen-bond acceptors (Lipinski definition) is 6. The molecule has 33 heavy (non-hydrogen) atoms. The molecule has 8 nitrogen and oxygen atoms in total. The second kappa shape index (κ2) is 10.5. The van der Waals surface area contributed by atoms with Crippen molar-refractivity contribution in [2.75, 3.05) is 26.9 Å². The summed E-state index contributed by atoms with van der Waals surface area (Å²) in [5.74, 6) is -1.01. The van der Waals surface area contributed by atoms with Crippen molar-refractivity contribution < 1.29 is 19.1 Å². The van der Waals surface area contributed by atoms with Crippen molar-refractivity contribution >= 4 is 22.9 Å². The van der Waals surface area contributed by atoms with E-state index < -0.39 is 11.9 Å². The van der Waals surface area contributed by atoms with Gasteiger partial charge in [-0.2, -0.15) is 5.10 Å². The van der Waals surface area contributed by atoms with Gasteiger partial charge in [0.05, 0.1) is 36.0 Å². The Labute approximate surface area is 191 Å². The standard InChI is InChI=1S/C25H24N4O4/c1-32-13-12-26-23(30)17-33-25(31)20-14-22(19-10-6-3-7-11-19)28-24-21(20)15-27-29(24)16-18-8-4-2-5-9-18/h2-11,14-15H,12-13,16-17H2,1H3,(H,26,30). The molecule has 2 heterocycles. The monoisotopic (exact) mass is 444 g/mol. The van der Waals surface area contributed by atoms with Crippen LogP contribution in [0.1, 0.15) is 15.9 Å². The van der Waals surface area contributed by atoms with E-state index in [-0.39, 0.29) is 6.61 Å². The highest BCUT2D eigenvalue weighted by molar-refractivity contribution is 6.04. The van der Waals surface area contributed by atoms with Gasteiger partial charge in [-0.15, -0.1) is 0 Å². The van der Waals surface area contributed by atoms with Gasteiger partial charge in [-0.1, -0.05) is 60.7 Å². The minimum absolute atomic E-state index is 0.308. The summed E-state index contributed by atoms with van der Waals surface area (Å²) in [6.07, 6.45) is 1.61. The third-order valence-corrected chi connectivity index (χ3v) is 5.04. The number of nitrogens with one attached hydrogen (secondary N) is 1. The predicted octanol–water partition coefficient (Wildman–Crippen LogP) is 3.07. The van der Waals surface area contributed by atoms with Crippen LogP contribution in [0.4, 0.5) is 0 Å². The number of ether oxygens (including phenoxy) is 2. The van der Waals surface area contributed by atoms with E-state index >= 15 is 0 Å². The summed E-state index contributed by atoms with van der Waals surface area (Å²) in [5, 5.41) is 7.66. The van der Waals surface area contributed by atoms with Crippen LogP contribution in [0.3, 0.4) is 0 Å². The fraction of sp³-hybridized carbons (Fsp3) is 0.200. The molecule has 0 fully saturated rings. The lowest BCUT2D eigenvalue weighted by molar-refractivity contribution is -0.124. The third kappa shape index (κ3) is 5.42. The number of esters is 1. The second-order valence-corrected chi connectivity index (χ2v) is 7.37. The quantitative estimate of drug-likeness (QED) is 0.315. The van der Waals surface area contributed by atoms with E-state index in [1.165, 1.54) is 0 Å². The minimum Gasteiger partial charge on any atom is -0.452 e. The SMILES string of the molecule is COCCNC(=O)COC(=O)c1cc(-c2ccccc2)nc2c1cnn2Cc1ccccc1. The predicted molar refractivity (Wildman–Crippen MR) is 124 cm³/mol. The molecule has 4 rings (SSSR count). The van der Waals surface area contributed by atoms with Gasteiger partial charge < -0.3 is 14.8 Å². The normalized spacial score (nSPS) is 10.8. The number of nitrogens with zero attached hydrogens (tertiary/aromatic N) is 3. The van der Waals surface area contributed by atoms with Crippen LogP contribution < -0.4 is 5.32 Å². The molecule has 0 aliphatic rings. The lowest BCUT2D eigenvalue weighted by Crippen LogP contribution is -2.31. The average molecular weight is 444 g/mol. The molecule has 0 unspecified atom stereocenters. The van der Waals surface area contributed by atoms with E-state index in [2.05, 4.69) is 10.4 Å². The molecule has 0 bridgehead atoms. The lowest BCUT2D eigenvalue weighted by Gasteiger charge is -2.10. The molecule has 4 aromatic rings. The number of carbonyl (C=O) groups excluding carboxylic acids is 2.